The van der Waals surface area contributed by atoms with Gasteiger partial charge in [-0.25, -0.2) is 0 Å². The summed E-state index contributed by atoms with van der Waals surface area (Å²) in [6.07, 6.45) is 2.97. The zero-order valence-corrected chi connectivity index (χ0v) is 11.3. The predicted octanol–water partition coefficient (Wildman–Crippen LogP) is 0.809. The molecule has 2 unspecified atom stereocenters. The number of piperazine rings is 1. The van der Waals surface area contributed by atoms with E-state index in [1.54, 1.807) is 0 Å². The van der Waals surface area contributed by atoms with Gasteiger partial charge in [-0.05, 0) is 40.2 Å². The minimum Gasteiger partial charge on any atom is -0.337 e. The van der Waals surface area contributed by atoms with Crippen molar-refractivity contribution in [1.29, 1.82) is 0 Å². The second-order valence-corrected chi connectivity index (χ2v) is 6.35. The molecule has 2 heterocycles. The van der Waals surface area contributed by atoms with Gasteiger partial charge >= 0.3 is 0 Å². The van der Waals surface area contributed by atoms with E-state index >= 15 is 0 Å². The molecule has 98 valence electrons. The van der Waals surface area contributed by atoms with Crippen LogP contribution in [0.4, 0.5) is 0 Å². The van der Waals surface area contributed by atoms with E-state index in [1.165, 1.54) is 19.4 Å². The molecule has 0 radical (unpaired) electrons. The molecule has 0 aliphatic carbocycles. The molecule has 0 aromatic rings. The van der Waals surface area contributed by atoms with Gasteiger partial charge in [-0.15, -0.1) is 0 Å². The maximum Gasteiger partial charge on any atom is 0.224 e. The van der Waals surface area contributed by atoms with Crippen LogP contribution in [0.25, 0.3) is 0 Å². The van der Waals surface area contributed by atoms with E-state index in [0.717, 1.165) is 13.1 Å². The average molecular weight is 239 g/mol. The third-order valence-corrected chi connectivity index (χ3v) is 3.86. The summed E-state index contributed by atoms with van der Waals surface area (Å²) in [7, 11) is 0. The number of carbonyl (C=O) groups is 1. The Kier molecular flexibility index (Phi) is 3.46. The number of rotatable bonds is 2. The molecule has 0 saturated carbocycles. The van der Waals surface area contributed by atoms with Crippen LogP contribution in [-0.4, -0.2) is 53.0 Å². The summed E-state index contributed by atoms with van der Waals surface area (Å²) in [5.74, 6) is 0.219. The Hall–Kier alpha value is -0.610. The van der Waals surface area contributed by atoms with E-state index in [2.05, 4.69) is 11.8 Å². The maximum atomic E-state index is 12.2. The number of hydrogen-bond acceptors (Lipinski definition) is 3. The fourth-order valence-electron chi connectivity index (χ4n) is 3.03. The van der Waals surface area contributed by atoms with E-state index in [9.17, 15) is 4.79 Å². The van der Waals surface area contributed by atoms with Crippen molar-refractivity contribution in [3.05, 3.63) is 0 Å². The van der Waals surface area contributed by atoms with Crippen LogP contribution >= 0.6 is 0 Å². The van der Waals surface area contributed by atoms with Gasteiger partial charge in [0.25, 0.3) is 0 Å². The number of amides is 1. The number of fused-ring (bicyclic) bond motifs is 1. The van der Waals surface area contributed by atoms with Crippen LogP contribution in [0.1, 0.15) is 40.0 Å². The molecule has 17 heavy (non-hydrogen) atoms. The molecule has 4 heteroatoms. The zero-order chi connectivity index (χ0) is 12.6. The minimum absolute atomic E-state index is 0.219. The fraction of sp³-hybridized carbons (Fsp3) is 0.923. The van der Waals surface area contributed by atoms with Crippen LogP contribution in [0.5, 0.6) is 0 Å². The first-order chi connectivity index (χ1) is 7.87. The molecule has 2 saturated heterocycles. The number of carbonyl (C=O) groups excluding carboxylic acids is 1. The smallest absolute Gasteiger partial charge is 0.224 e. The highest BCUT2D eigenvalue weighted by Gasteiger charge is 2.37. The monoisotopic (exact) mass is 239 g/mol. The first-order valence-electron chi connectivity index (χ1n) is 6.69. The quantitative estimate of drug-likeness (QED) is 0.776. The van der Waals surface area contributed by atoms with Gasteiger partial charge in [0.1, 0.15) is 0 Å². The maximum absolute atomic E-state index is 12.2. The zero-order valence-electron chi connectivity index (χ0n) is 11.3. The van der Waals surface area contributed by atoms with Crippen molar-refractivity contribution in [2.24, 2.45) is 5.73 Å². The summed E-state index contributed by atoms with van der Waals surface area (Å²) < 4.78 is 0. The molecule has 2 atom stereocenters. The van der Waals surface area contributed by atoms with Crippen molar-refractivity contribution in [3.63, 3.8) is 0 Å². The third-order valence-electron chi connectivity index (χ3n) is 3.86. The summed E-state index contributed by atoms with van der Waals surface area (Å²) in [6, 6.07) is 0.926. The first kappa shape index (κ1) is 12.8. The van der Waals surface area contributed by atoms with Crippen molar-refractivity contribution < 1.29 is 4.79 Å². The van der Waals surface area contributed by atoms with E-state index in [4.69, 9.17) is 5.73 Å². The Morgan fingerprint density at radius 3 is 2.76 bits per heavy atom. The molecular formula is C13H25N3O. The van der Waals surface area contributed by atoms with Gasteiger partial charge in [0.15, 0.2) is 0 Å². The lowest BCUT2D eigenvalue weighted by Gasteiger charge is -2.43. The Bertz CT molecular complexity index is 298. The molecule has 0 spiro atoms. The third kappa shape index (κ3) is 2.99. The van der Waals surface area contributed by atoms with Crippen LogP contribution < -0.4 is 5.73 Å². The summed E-state index contributed by atoms with van der Waals surface area (Å²) in [5.41, 5.74) is 5.54. The Morgan fingerprint density at radius 1 is 1.41 bits per heavy atom. The molecule has 1 amide bonds. The van der Waals surface area contributed by atoms with Crippen LogP contribution in [-0.2, 0) is 4.79 Å². The molecule has 2 N–H and O–H groups in total. The highest BCUT2D eigenvalue weighted by atomic mass is 16.2. The second kappa shape index (κ2) is 4.58. The summed E-state index contributed by atoms with van der Waals surface area (Å²) >= 11 is 0. The SMILES string of the molecule is CC1CN2CCCC2CN1C(=O)CC(C)(C)N. The minimum atomic E-state index is -0.399. The molecule has 2 rings (SSSR count). The van der Waals surface area contributed by atoms with Gasteiger partial charge < -0.3 is 10.6 Å². The average Bonchev–Trinajstić information content (AvgIpc) is 2.60. The normalized spacial score (nSPS) is 30.5. The lowest BCUT2D eigenvalue weighted by Crippen LogP contribution is -2.57. The Balaban J connectivity index is 1.98. The Labute approximate surface area is 104 Å². The highest BCUT2D eigenvalue weighted by Crippen LogP contribution is 2.25. The fourth-order valence-corrected chi connectivity index (χ4v) is 3.03. The van der Waals surface area contributed by atoms with Crippen molar-refractivity contribution in [1.82, 2.24) is 9.80 Å². The molecule has 0 bridgehead atoms. The lowest BCUT2D eigenvalue weighted by molar-refractivity contribution is -0.137. The first-order valence-corrected chi connectivity index (χ1v) is 6.69. The van der Waals surface area contributed by atoms with Crippen molar-refractivity contribution in [2.45, 2.75) is 57.7 Å². The Morgan fingerprint density at radius 2 is 2.12 bits per heavy atom. The molecule has 0 aromatic carbocycles. The van der Waals surface area contributed by atoms with E-state index in [1.807, 2.05) is 18.7 Å². The summed E-state index contributed by atoms with van der Waals surface area (Å²) in [6.45, 7) is 9.12. The molecule has 2 aliphatic rings. The lowest BCUT2D eigenvalue weighted by atomic mass is 9.99. The van der Waals surface area contributed by atoms with Gasteiger partial charge in [0.05, 0.1) is 0 Å². The summed E-state index contributed by atoms with van der Waals surface area (Å²) in [5, 5.41) is 0. The molecule has 4 nitrogen and oxygen atoms in total. The van der Waals surface area contributed by atoms with Gasteiger partial charge in [-0.2, -0.15) is 0 Å². The van der Waals surface area contributed by atoms with Crippen molar-refractivity contribution in [2.75, 3.05) is 19.6 Å². The van der Waals surface area contributed by atoms with Crippen molar-refractivity contribution >= 4 is 5.91 Å². The van der Waals surface area contributed by atoms with E-state index < -0.39 is 5.54 Å². The largest absolute Gasteiger partial charge is 0.337 e. The van der Waals surface area contributed by atoms with Crippen LogP contribution in [0.3, 0.4) is 0 Å². The van der Waals surface area contributed by atoms with E-state index in [0.29, 0.717) is 18.5 Å². The van der Waals surface area contributed by atoms with Crippen LogP contribution in [0, 0.1) is 0 Å². The standard InChI is InChI=1S/C13H25N3O/c1-10-8-15-6-4-5-11(15)9-16(10)12(17)7-13(2,3)14/h10-11H,4-9,14H2,1-3H3. The van der Waals surface area contributed by atoms with Gasteiger partial charge in [0.2, 0.25) is 5.91 Å². The molecular weight excluding hydrogens is 214 g/mol. The molecule has 2 fully saturated rings. The highest BCUT2D eigenvalue weighted by molar-refractivity contribution is 5.77. The number of nitrogens with two attached hydrogens (primary N) is 1. The number of hydrogen-bond donors (Lipinski definition) is 1. The molecule has 2 aliphatic heterocycles. The molecule has 0 aromatic heterocycles. The van der Waals surface area contributed by atoms with Gasteiger partial charge in [0, 0.05) is 37.1 Å². The van der Waals surface area contributed by atoms with Gasteiger partial charge in [-0.3, -0.25) is 9.69 Å². The van der Waals surface area contributed by atoms with Crippen LogP contribution in [0.15, 0.2) is 0 Å². The predicted molar refractivity (Wildman–Crippen MR) is 68.7 cm³/mol. The van der Waals surface area contributed by atoms with Crippen molar-refractivity contribution in [3.8, 4) is 0 Å². The van der Waals surface area contributed by atoms with Gasteiger partial charge in [-0.1, -0.05) is 0 Å². The summed E-state index contributed by atoms with van der Waals surface area (Å²) in [4.78, 5) is 16.8. The van der Waals surface area contributed by atoms with Crippen LogP contribution in [0.2, 0.25) is 0 Å². The second-order valence-electron chi connectivity index (χ2n) is 6.35. The van der Waals surface area contributed by atoms with E-state index in [-0.39, 0.29) is 5.91 Å². The topological polar surface area (TPSA) is 49.6 Å². The number of nitrogens with zero attached hydrogens (tertiary/aromatic N) is 2.